The van der Waals surface area contributed by atoms with E-state index in [1.807, 2.05) is 10.6 Å². The van der Waals surface area contributed by atoms with Crippen LogP contribution in [0.2, 0.25) is 0 Å². The maximum atomic E-state index is 11.8. The lowest BCUT2D eigenvalue weighted by molar-refractivity contribution is -0.139. The molecule has 2 amide bonds. The van der Waals surface area contributed by atoms with Crippen LogP contribution in [0.4, 0.5) is 18.0 Å². The van der Waals surface area contributed by atoms with Gasteiger partial charge in [0.15, 0.2) is 0 Å². The molecule has 1 unspecified atom stereocenters. The van der Waals surface area contributed by atoms with E-state index in [2.05, 4.69) is 0 Å². The van der Waals surface area contributed by atoms with Gasteiger partial charge in [0.25, 0.3) is 0 Å². The van der Waals surface area contributed by atoms with Crippen molar-refractivity contribution in [1.82, 2.24) is 10.6 Å². The summed E-state index contributed by atoms with van der Waals surface area (Å²) < 4.78 is 57.2. The van der Waals surface area contributed by atoms with Gasteiger partial charge in [0.1, 0.15) is 15.9 Å². The van der Waals surface area contributed by atoms with Crippen molar-refractivity contribution in [3.8, 4) is 0 Å². The Morgan fingerprint density at radius 2 is 1.85 bits per heavy atom. The van der Waals surface area contributed by atoms with Gasteiger partial charge in [0, 0.05) is 12.8 Å². The molecule has 0 rings (SSSR count). The molecule has 0 aromatic carbocycles. The van der Waals surface area contributed by atoms with Gasteiger partial charge in [0.2, 0.25) is 0 Å². The first-order valence-corrected chi connectivity index (χ1v) is 7.48. The van der Waals surface area contributed by atoms with Gasteiger partial charge in [-0.1, -0.05) is 0 Å². The van der Waals surface area contributed by atoms with Gasteiger partial charge in [0.05, 0.1) is 12.2 Å². The number of carboxylic acid groups (broad SMARTS) is 1. The molecule has 1 atom stereocenters. The maximum absolute atomic E-state index is 11.8. The monoisotopic (exact) mass is 320 g/mol. The Morgan fingerprint density at radius 3 is 2.25 bits per heavy atom. The summed E-state index contributed by atoms with van der Waals surface area (Å²) in [5.74, 6) is -1.94. The zero-order valence-electron chi connectivity index (χ0n) is 10.5. The summed E-state index contributed by atoms with van der Waals surface area (Å²) in [6.07, 6.45) is -5.16. The molecule has 0 aliphatic heterocycles. The molecule has 7 nitrogen and oxygen atoms in total. The minimum Gasteiger partial charge on any atom is -0.480 e. The van der Waals surface area contributed by atoms with Crippen LogP contribution >= 0.6 is 0 Å². The van der Waals surface area contributed by atoms with Crippen LogP contribution in [0.3, 0.4) is 0 Å². The van der Waals surface area contributed by atoms with E-state index in [9.17, 15) is 31.2 Å². The van der Waals surface area contributed by atoms with E-state index in [1.54, 1.807) is 0 Å². The summed E-state index contributed by atoms with van der Waals surface area (Å²) in [5.41, 5.74) is 0. The van der Waals surface area contributed by atoms with Crippen molar-refractivity contribution in [2.45, 2.75) is 25.1 Å². The highest BCUT2D eigenvalue weighted by molar-refractivity contribution is 7.90. The summed E-state index contributed by atoms with van der Waals surface area (Å²) >= 11 is 0. The minimum absolute atomic E-state index is 0.374. The molecule has 0 aliphatic carbocycles. The molecule has 20 heavy (non-hydrogen) atoms. The molecule has 0 aromatic heterocycles. The minimum atomic E-state index is -4.43. The molecule has 118 valence electrons. The van der Waals surface area contributed by atoms with Crippen molar-refractivity contribution < 1.29 is 36.3 Å². The van der Waals surface area contributed by atoms with Crippen LogP contribution in [-0.2, 0) is 14.6 Å². The molecule has 0 fully saturated rings. The zero-order valence-corrected chi connectivity index (χ0v) is 11.3. The van der Waals surface area contributed by atoms with E-state index >= 15 is 0 Å². The van der Waals surface area contributed by atoms with Crippen molar-refractivity contribution in [3.05, 3.63) is 0 Å². The normalized spacial score (nSPS) is 13.6. The Bertz CT molecular complexity index is 449. The second-order valence-corrected chi connectivity index (χ2v) is 6.33. The highest BCUT2D eigenvalue weighted by Crippen LogP contribution is 2.17. The number of aliphatic carboxylic acids is 1. The van der Waals surface area contributed by atoms with Crippen LogP contribution in [-0.4, -0.2) is 56.3 Å². The molecular formula is C9H15F3N2O5S. The first-order valence-electron chi connectivity index (χ1n) is 5.42. The molecular weight excluding hydrogens is 305 g/mol. The molecule has 0 heterocycles. The smallest absolute Gasteiger partial charge is 0.390 e. The number of carbonyl (C=O) groups is 2. The average Bonchev–Trinajstić information content (AvgIpc) is 2.20. The number of amides is 2. The van der Waals surface area contributed by atoms with E-state index in [4.69, 9.17) is 5.11 Å². The number of alkyl halides is 3. The topological polar surface area (TPSA) is 113 Å². The van der Waals surface area contributed by atoms with Crippen molar-refractivity contribution in [2.24, 2.45) is 0 Å². The molecule has 0 bridgehead atoms. The van der Waals surface area contributed by atoms with Gasteiger partial charge >= 0.3 is 18.2 Å². The Balaban J connectivity index is 4.25. The number of rotatable bonds is 7. The largest absolute Gasteiger partial charge is 0.480 e. The third kappa shape index (κ3) is 10.4. The van der Waals surface area contributed by atoms with Crippen LogP contribution in [0.1, 0.15) is 12.8 Å². The quantitative estimate of drug-likeness (QED) is 0.617. The highest BCUT2D eigenvalue weighted by Gasteiger charge is 2.27. The lowest BCUT2D eigenvalue weighted by Crippen LogP contribution is -2.47. The number of urea groups is 1. The van der Waals surface area contributed by atoms with Gasteiger partial charge in [-0.05, 0) is 6.42 Å². The van der Waals surface area contributed by atoms with Crippen LogP contribution in [0, 0.1) is 0 Å². The Hall–Kier alpha value is -1.52. The van der Waals surface area contributed by atoms with Gasteiger partial charge in [-0.15, -0.1) is 0 Å². The number of hydrogen-bond donors (Lipinski definition) is 3. The second kappa shape index (κ2) is 7.31. The molecule has 11 heteroatoms. The fraction of sp³-hybridized carbons (Fsp3) is 0.778. The van der Waals surface area contributed by atoms with E-state index in [1.165, 1.54) is 0 Å². The Labute approximate surface area is 113 Å². The van der Waals surface area contributed by atoms with Crippen LogP contribution in [0.15, 0.2) is 0 Å². The molecule has 0 aliphatic rings. The van der Waals surface area contributed by atoms with Crippen LogP contribution < -0.4 is 10.6 Å². The summed E-state index contributed by atoms with van der Waals surface area (Å²) in [5, 5.41) is 12.5. The predicted octanol–water partition coefficient (Wildman–Crippen LogP) is 0.126. The van der Waals surface area contributed by atoms with E-state index < -0.39 is 52.8 Å². The first kappa shape index (κ1) is 18.5. The second-order valence-electron chi connectivity index (χ2n) is 4.07. The van der Waals surface area contributed by atoms with Gasteiger partial charge in [-0.3, -0.25) is 0 Å². The fourth-order valence-corrected chi connectivity index (χ4v) is 1.78. The van der Waals surface area contributed by atoms with Crippen molar-refractivity contribution >= 4 is 21.8 Å². The fourth-order valence-electron chi connectivity index (χ4n) is 1.12. The average molecular weight is 320 g/mol. The van der Waals surface area contributed by atoms with Gasteiger partial charge in [-0.2, -0.15) is 13.2 Å². The number of carbonyl (C=O) groups excluding carboxylic acids is 1. The van der Waals surface area contributed by atoms with Crippen molar-refractivity contribution in [2.75, 3.05) is 18.6 Å². The van der Waals surface area contributed by atoms with Crippen LogP contribution in [0.25, 0.3) is 0 Å². The summed E-state index contributed by atoms with van der Waals surface area (Å²) in [4.78, 5) is 21.9. The van der Waals surface area contributed by atoms with Crippen molar-refractivity contribution in [1.29, 1.82) is 0 Å². The molecule has 0 aromatic rings. The Kier molecular flexibility index (Phi) is 6.76. The number of sulfone groups is 1. The molecule has 3 N–H and O–H groups in total. The third-order valence-electron chi connectivity index (χ3n) is 2.07. The van der Waals surface area contributed by atoms with Crippen LogP contribution in [0.5, 0.6) is 0 Å². The summed E-state index contributed by atoms with van der Waals surface area (Å²) in [6.45, 7) is -0.701. The Morgan fingerprint density at radius 1 is 1.30 bits per heavy atom. The lowest BCUT2D eigenvalue weighted by Gasteiger charge is -2.15. The van der Waals surface area contributed by atoms with Gasteiger partial charge in [-0.25, -0.2) is 18.0 Å². The number of hydrogen-bond acceptors (Lipinski definition) is 4. The van der Waals surface area contributed by atoms with E-state index in [-0.39, 0.29) is 6.42 Å². The van der Waals surface area contributed by atoms with Gasteiger partial charge < -0.3 is 15.7 Å². The molecule has 0 radical (unpaired) electrons. The molecule has 0 saturated carbocycles. The number of carboxylic acids is 1. The SMILES string of the molecule is CS(=O)(=O)CCC(NC(=O)NCCC(F)(F)F)C(=O)O. The lowest BCUT2D eigenvalue weighted by atomic mass is 10.2. The summed E-state index contributed by atoms with van der Waals surface area (Å²) in [6, 6.07) is -2.59. The van der Waals surface area contributed by atoms with E-state index in [0.717, 1.165) is 6.26 Å². The standard InChI is InChI=1S/C9H15F3N2O5S/c1-20(18,19)5-2-6(7(15)16)14-8(17)13-4-3-9(10,11)12/h6H,2-5H2,1H3,(H,15,16)(H2,13,14,17). The van der Waals surface area contributed by atoms with Crippen molar-refractivity contribution in [3.63, 3.8) is 0 Å². The highest BCUT2D eigenvalue weighted by atomic mass is 32.2. The molecule has 0 saturated heterocycles. The third-order valence-corrected chi connectivity index (χ3v) is 3.05. The van der Waals surface area contributed by atoms with E-state index in [0.29, 0.717) is 0 Å². The number of halogens is 3. The predicted molar refractivity (Wildman–Crippen MR) is 63.0 cm³/mol. The first-order chi connectivity index (χ1) is 8.91. The summed E-state index contributed by atoms with van der Waals surface area (Å²) in [7, 11) is -3.41. The number of nitrogens with one attached hydrogen (secondary N) is 2. The maximum Gasteiger partial charge on any atom is 0.390 e. The zero-order chi connectivity index (χ0) is 16.0. The molecule has 0 spiro atoms.